The monoisotopic (exact) mass is 407 g/mol. The summed E-state index contributed by atoms with van der Waals surface area (Å²) < 4.78 is 2.77. The maximum Gasteiger partial charge on any atom is 0.352 e. The minimum Gasteiger partial charge on any atom is -0.477 e. The highest BCUT2D eigenvalue weighted by Crippen LogP contribution is 2.38. The molecule has 4 rings (SSSR count). The molecule has 0 aliphatic carbocycles. The van der Waals surface area contributed by atoms with Gasteiger partial charge in [-0.3, -0.25) is 0 Å². The second-order valence-electron chi connectivity index (χ2n) is 5.51. The van der Waals surface area contributed by atoms with Crippen LogP contribution in [-0.2, 0) is 6.54 Å². The highest BCUT2D eigenvalue weighted by Gasteiger charge is 2.18. The summed E-state index contributed by atoms with van der Waals surface area (Å²) >= 11 is 15.3. The van der Waals surface area contributed by atoms with Crippen LogP contribution in [0.3, 0.4) is 0 Å². The smallest absolute Gasteiger partial charge is 0.352 e. The zero-order chi connectivity index (χ0) is 17.6. The molecule has 0 saturated carbocycles. The Kier molecular flexibility index (Phi) is 4.33. The molecule has 126 valence electrons. The standard InChI is InChI=1S/C18H11Cl2NO2S2/c19-11-4-3-10(6-12(11)20)9-21-13-7-17(15-2-1-5-24-15)25-16(13)8-14(21)18(22)23/h1-8H,9H2,(H,22,23). The fourth-order valence-corrected chi connectivity index (χ4v) is 5.00. The van der Waals surface area contributed by atoms with Crippen molar-refractivity contribution in [3.8, 4) is 9.75 Å². The van der Waals surface area contributed by atoms with Crippen molar-refractivity contribution in [1.82, 2.24) is 4.57 Å². The third-order valence-electron chi connectivity index (χ3n) is 3.90. The van der Waals surface area contributed by atoms with Crippen molar-refractivity contribution in [1.29, 1.82) is 0 Å². The van der Waals surface area contributed by atoms with Gasteiger partial charge < -0.3 is 9.67 Å². The predicted molar refractivity (Wildman–Crippen MR) is 106 cm³/mol. The van der Waals surface area contributed by atoms with Gasteiger partial charge >= 0.3 is 5.97 Å². The molecule has 0 aliphatic heterocycles. The average molecular weight is 408 g/mol. The Labute approximate surface area is 161 Å². The summed E-state index contributed by atoms with van der Waals surface area (Å²) in [5, 5.41) is 12.5. The maximum atomic E-state index is 11.7. The van der Waals surface area contributed by atoms with E-state index >= 15 is 0 Å². The Morgan fingerprint density at radius 1 is 1.08 bits per heavy atom. The van der Waals surface area contributed by atoms with Crippen molar-refractivity contribution in [2.45, 2.75) is 6.54 Å². The van der Waals surface area contributed by atoms with E-state index in [4.69, 9.17) is 23.2 Å². The summed E-state index contributed by atoms with van der Waals surface area (Å²) in [5.74, 6) is -0.943. The van der Waals surface area contributed by atoms with Crippen LogP contribution in [0, 0.1) is 0 Å². The van der Waals surface area contributed by atoms with Gasteiger partial charge in [0.25, 0.3) is 0 Å². The molecule has 0 spiro atoms. The highest BCUT2D eigenvalue weighted by molar-refractivity contribution is 7.25. The quantitative estimate of drug-likeness (QED) is 0.420. The average Bonchev–Trinajstić information content (AvgIpc) is 3.27. The third-order valence-corrected chi connectivity index (χ3v) is 6.77. The maximum absolute atomic E-state index is 11.7. The topological polar surface area (TPSA) is 42.2 Å². The van der Waals surface area contributed by atoms with Crippen molar-refractivity contribution >= 4 is 62.1 Å². The van der Waals surface area contributed by atoms with E-state index in [1.165, 1.54) is 4.88 Å². The third kappa shape index (κ3) is 3.09. The lowest BCUT2D eigenvalue weighted by Gasteiger charge is -2.09. The SMILES string of the molecule is O=C(O)c1cc2sc(-c3cccs3)cc2n1Cc1ccc(Cl)c(Cl)c1. The molecular weight excluding hydrogens is 397 g/mol. The van der Waals surface area contributed by atoms with Crippen LogP contribution >= 0.6 is 45.9 Å². The van der Waals surface area contributed by atoms with Crippen LogP contribution in [0.15, 0.2) is 47.8 Å². The lowest BCUT2D eigenvalue weighted by molar-refractivity contribution is 0.0686. The Morgan fingerprint density at radius 3 is 2.60 bits per heavy atom. The van der Waals surface area contributed by atoms with Gasteiger partial charge in [0.05, 0.1) is 20.3 Å². The zero-order valence-corrected chi connectivity index (χ0v) is 15.8. The molecule has 4 aromatic rings. The second-order valence-corrected chi connectivity index (χ2v) is 8.35. The first-order chi connectivity index (χ1) is 12.0. The first-order valence-electron chi connectivity index (χ1n) is 7.37. The first kappa shape index (κ1) is 16.7. The van der Waals surface area contributed by atoms with Gasteiger partial charge in [-0.1, -0.05) is 35.3 Å². The van der Waals surface area contributed by atoms with Gasteiger partial charge in [0.1, 0.15) is 5.69 Å². The number of carboxylic acids is 1. The number of halogens is 2. The molecule has 0 atom stereocenters. The fraction of sp³-hybridized carbons (Fsp3) is 0.0556. The molecule has 3 heterocycles. The van der Waals surface area contributed by atoms with E-state index < -0.39 is 5.97 Å². The van der Waals surface area contributed by atoms with Crippen LogP contribution in [0.4, 0.5) is 0 Å². The van der Waals surface area contributed by atoms with Crippen molar-refractivity contribution in [3.63, 3.8) is 0 Å². The van der Waals surface area contributed by atoms with Crippen molar-refractivity contribution in [3.05, 3.63) is 69.1 Å². The minimum atomic E-state index is -0.943. The van der Waals surface area contributed by atoms with E-state index in [-0.39, 0.29) is 5.69 Å². The van der Waals surface area contributed by atoms with Crippen LogP contribution in [0.25, 0.3) is 20.0 Å². The summed E-state index contributed by atoms with van der Waals surface area (Å²) in [7, 11) is 0. The first-order valence-corrected chi connectivity index (χ1v) is 9.82. The summed E-state index contributed by atoms with van der Waals surface area (Å²) in [4.78, 5) is 14.0. The van der Waals surface area contributed by atoms with Crippen LogP contribution in [0.5, 0.6) is 0 Å². The van der Waals surface area contributed by atoms with E-state index in [0.717, 1.165) is 20.7 Å². The summed E-state index contributed by atoms with van der Waals surface area (Å²) in [5.41, 5.74) is 2.08. The summed E-state index contributed by atoms with van der Waals surface area (Å²) in [6.07, 6.45) is 0. The van der Waals surface area contributed by atoms with Gasteiger partial charge in [0.2, 0.25) is 0 Å². The number of aromatic carboxylic acids is 1. The van der Waals surface area contributed by atoms with Gasteiger partial charge in [0, 0.05) is 16.3 Å². The number of hydrogen-bond acceptors (Lipinski definition) is 3. The molecule has 0 unspecified atom stereocenters. The number of benzene rings is 1. The van der Waals surface area contributed by atoms with Gasteiger partial charge in [-0.15, -0.1) is 22.7 Å². The number of carboxylic acid groups (broad SMARTS) is 1. The van der Waals surface area contributed by atoms with E-state index in [1.54, 1.807) is 40.9 Å². The summed E-state index contributed by atoms with van der Waals surface area (Å²) in [6.45, 7) is 0.419. The lowest BCUT2D eigenvalue weighted by atomic mass is 10.2. The molecule has 3 aromatic heterocycles. The Hall–Kier alpha value is -1.79. The van der Waals surface area contributed by atoms with Gasteiger partial charge in [0.15, 0.2) is 0 Å². The van der Waals surface area contributed by atoms with Crippen molar-refractivity contribution in [2.75, 3.05) is 0 Å². The summed E-state index contributed by atoms with van der Waals surface area (Å²) in [6, 6.07) is 13.2. The molecule has 1 aromatic carbocycles. The molecule has 0 saturated heterocycles. The number of rotatable bonds is 4. The molecule has 0 radical (unpaired) electrons. The van der Waals surface area contributed by atoms with Gasteiger partial charge in [-0.2, -0.15) is 0 Å². The number of fused-ring (bicyclic) bond motifs is 1. The van der Waals surface area contributed by atoms with Crippen LogP contribution < -0.4 is 0 Å². The molecule has 7 heteroatoms. The molecule has 1 N–H and O–H groups in total. The molecular formula is C18H11Cl2NO2S2. The second kappa shape index (κ2) is 6.50. The number of nitrogens with zero attached hydrogens (tertiary/aromatic N) is 1. The van der Waals surface area contributed by atoms with Crippen LogP contribution in [-0.4, -0.2) is 15.6 Å². The zero-order valence-electron chi connectivity index (χ0n) is 12.7. The Morgan fingerprint density at radius 2 is 1.92 bits per heavy atom. The van der Waals surface area contributed by atoms with Gasteiger partial charge in [-0.05, 0) is 41.3 Å². The van der Waals surface area contributed by atoms with E-state index in [1.807, 2.05) is 22.1 Å². The van der Waals surface area contributed by atoms with Crippen LogP contribution in [0.1, 0.15) is 16.1 Å². The fourth-order valence-electron chi connectivity index (χ4n) is 2.75. The molecule has 0 bridgehead atoms. The Bertz CT molecular complexity index is 1080. The molecule has 0 fully saturated rings. The molecule has 0 aliphatic rings. The van der Waals surface area contributed by atoms with E-state index in [0.29, 0.717) is 16.6 Å². The largest absolute Gasteiger partial charge is 0.477 e. The van der Waals surface area contributed by atoms with Crippen LogP contribution in [0.2, 0.25) is 10.0 Å². The van der Waals surface area contributed by atoms with Crippen molar-refractivity contribution in [2.24, 2.45) is 0 Å². The normalized spacial score (nSPS) is 11.3. The van der Waals surface area contributed by atoms with Crippen molar-refractivity contribution < 1.29 is 9.90 Å². The molecule has 3 nitrogen and oxygen atoms in total. The minimum absolute atomic E-state index is 0.269. The predicted octanol–water partition coefficient (Wildman–Crippen LogP) is 6.48. The molecule has 0 amide bonds. The highest BCUT2D eigenvalue weighted by atomic mass is 35.5. The Balaban J connectivity index is 1.82. The van der Waals surface area contributed by atoms with Gasteiger partial charge in [-0.25, -0.2) is 4.79 Å². The van der Waals surface area contributed by atoms with E-state index in [2.05, 4.69) is 12.1 Å². The lowest BCUT2D eigenvalue weighted by Crippen LogP contribution is -2.09. The number of carbonyl (C=O) groups is 1. The number of thiophene rings is 2. The number of aromatic nitrogens is 1. The van der Waals surface area contributed by atoms with E-state index in [9.17, 15) is 9.90 Å². The number of hydrogen-bond donors (Lipinski definition) is 1. The molecule has 25 heavy (non-hydrogen) atoms.